The van der Waals surface area contributed by atoms with Gasteiger partial charge < -0.3 is 34.8 Å². The van der Waals surface area contributed by atoms with Crippen LogP contribution in [-0.2, 0) is 6.42 Å². The molecule has 12 heteroatoms. The smallest absolute Gasteiger partial charge is 0.319 e. The average Bonchev–Trinajstić information content (AvgIpc) is 3.95. The number of phenolic OH excluding ortho intramolecular Hbond substituents is 1. The van der Waals surface area contributed by atoms with Crippen molar-refractivity contribution >= 4 is 27.5 Å². The lowest BCUT2D eigenvalue weighted by molar-refractivity contribution is 0.143. The zero-order valence-corrected chi connectivity index (χ0v) is 27.5. The highest BCUT2D eigenvalue weighted by Crippen LogP contribution is 2.59. The van der Waals surface area contributed by atoms with Gasteiger partial charge in [0.2, 0.25) is 5.88 Å². The van der Waals surface area contributed by atoms with Crippen LogP contribution in [0.5, 0.6) is 17.6 Å². The summed E-state index contributed by atoms with van der Waals surface area (Å²) in [7, 11) is 0. The van der Waals surface area contributed by atoms with Crippen molar-refractivity contribution in [1.29, 1.82) is 0 Å². The highest BCUT2D eigenvalue weighted by molar-refractivity contribution is 6.03. The van der Waals surface area contributed by atoms with Gasteiger partial charge in [0.05, 0.1) is 19.3 Å². The predicted molar refractivity (Wildman–Crippen MR) is 179 cm³/mol. The van der Waals surface area contributed by atoms with Gasteiger partial charge >= 0.3 is 6.01 Å². The number of nitrogens with one attached hydrogen (secondary N) is 1. The Morgan fingerprint density at radius 1 is 1.10 bits per heavy atom. The van der Waals surface area contributed by atoms with Crippen LogP contribution in [0, 0.1) is 28.4 Å². The number of halogens is 2. The third-order valence-corrected chi connectivity index (χ3v) is 12.4. The number of phenols is 1. The van der Waals surface area contributed by atoms with Crippen molar-refractivity contribution in [3.63, 3.8) is 0 Å². The van der Waals surface area contributed by atoms with E-state index in [1.807, 2.05) is 6.92 Å². The summed E-state index contributed by atoms with van der Waals surface area (Å²) in [5.41, 5.74) is 0.731. The van der Waals surface area contributed by atoms with E-state index in [-0.39, 0.29) is 63.9 Å². The molecule has 2 aromatic carbocycles. The maximum atomic E-state index is 17.1. The Balaban J connectivity index is 1.08. The number of rotatable bonds is 8. The SMILES string of the molecule is CCc1c(F)ccc2cc(O)cc(-c3nc4c5c(nc(OCC6(CN7CC8C[C@]8(CO)C7)CC6)nc5c3F)N3C[C@H]5CC[C@H](N5)[C@@H]3CO4)c12. The van der Waals surface area contributed by atoms with Crippen molar-refractivity contribution in [1.82, 2.24) is 25.2 Å². The molecule has 4 aliphatic heterocycles. The fraction of sp³-hybridized carbons (Fsp3) is 0.541. The number of likely N-dealkylation sites (tertiary alicyclic amines) is 1. The van der Waals surface area contributed by atoms with E-state index < -0.39 is 11.6 Å². The van der Waals surface area contributed by atoms with E-state index in [4.69, 9.17) is 24.4 Å². The van der Waals surface area contributed by atoms with Gasteiger partial charge in [-0.05, 0) is 79.0 Å². The number of hydrogen-bond acceptors (Lipinski definition) is 10. The summed E-state index contributed by atoms with van der Waals surface area (Å²) >= 11 is 0. The summed E-state index contributed by atoms with van der Waals surface area (Å²) in [6, 6.07) is 6.51. The molecule has 256 valence electrons. The molecule has 6 aliphatic rings. The van der Waals surface area contributed by atoms with Gasteiger partial charge in [0, 0.05) is 54.7 Å². The number of ether oxygens (including phenoxy) is 2. The maximum Gasteiger partial charge on any atom is 0.319 e. The number of benzene rings is 2. The molecule has 2 aromatic heterocycles. The Morgan fingerprint density at radius 3 is 2.78 bits per heavy atom. The molecule has 0 radical (unpaired) electrons. The van der Waals surface area contributed by atoms with Crippen molar-refractivity contribution in [2.75, 3.05) is 50.9 Å². The molecular formula is C37H40F2N6O4. The molecule has 2 bridgehead atoms. The summed E-state index contributed by atoms with van der Waals surface area (Å²) in [4.78, 5) is 19.1. The van der Waals surface area contributed by atoms with Gasteiger partial charge in [-0.15, -0.1) is 0 Å². The van der Waals surface area contributed by atoms with Crippen molar-refractivity contribution < 1.29 is 28.5 Å². The van der Waals surface area contributed by atoms with E-state index in [0.717, 1.165) is 51.7 Å². The lowest BCUT2D eigenvalue weighted by Gasteiger charge is -2.40. The Bertz CT molecular complexity index is 2040. The van der Waals surface area contributed by atoms with Crippen LogP contribution in [0.25, 0.3) is 32.9 Å². The number of pyridine rings is 1. The minimum Gasteiger partial charge on any atom is -0.508 e. The van der Waals surface area contributed by atoms with E-state index in [0.29, 0.717) is 65.7 Å². The van der Waals surface area contributed by atoms with Gasteiger partial charge in [-0.25, -0.2) is 13.8 Å². The molecule has 3 N–H and O–H groups in total. The first kappa shape index (κ1) is 30.0. The zero-order valence-electron chi connectivity index (χ0n) is 27.5. The Morgan fingerprint density at radius 2 is 1.98 bits per heavy atom. The first-order chi connectivity index (χ1) is 23.8. The van der Waals surface area contributed by atoms with Gasteiger partial charge in [-0.2, -0.15) is 9.97 Å². The lowest BCUT2D eigenvalue weighted by Crippen LogP contribution is -2.60. The van der Waals surface area contributed by atoms with Gasteiger partial charge in [-0.3, -0.25) is 0 Å². The standard InChI is InChI=1S/C37H40F2N6O4/c1-2-23-25(38)5-3-19-9-22(47)10-24(28(19)23)31-30(39)32-29-33(45-13-21-4-6-26(40-21)27(45)14-48-34(29)41-31)43-35(42-32)49-18-36(7-8-36)15-44-12-20-11-37(20,16-44)17-46/h3,5,9-10,20-21,26-27,40,46-47H,2,4,6-8,11-18H2,1H3/t20?,21-,26+,27+,37-/m1/s1. The second kappa shape index (κ2) is 10.6. The molecule has 2 saturated carbocycles. The Kier molecular flexibility index (Phi) is 6.47. The minimum absolute atomic E-state index is 0.0200. The molecule has 5 fully saturated rings. The topological polar surface area (TPSA) is 116 Å². The molecule has 6 heterocycles. The van der Waals surface area contributed by atoms with E-state index in [2.05, 4.69) is 15.1 Å². The number of anilines is 1. The molecular weight excluding hydrogens is 630 g/mol. The van der Waals surface area contributed by atoms with Crippen LogP contribution in [-0.4, -0.2) is 94.2 Å². The summed E-state index contributed by atoms with van der Waals surface area (Å²) in [5, 5.41) is 25.8. The lowest BCUT2D eigenvalue weighted by atomic mass is 9.94. The molecule has 4 aromatic rings. The molecule has 5 atom stereocenters. The summed E-state index contributed by atoms with van der Waals surface area (Å²) in [5.74, 6) is 0.192. The van der Waals surface area contributed by atoms with Crippen LogP contribution in [0.3, 0.4) is 0 Å². The molecule has 0 spiro atoms. The van der Waals surface area contributed by atoms with Crippen LogP contribution in [0.15, 0.2) is 24.3 Å². The molecule has 0 amide bonds. The number of nitrogens with zero attached hydrogens (tertiary/aromatic N) is 5. The monoisotopic (exact) mass is 670 g/mol. The van der Waals surface area contributed by atoms with Gasteiger partial charge in [0.15, 0.2) is 5.82 Å². The molecule has 10 rings (SSSR count). The van der Waals surface area contributed by atoms with E-state index >= 15 is 8.78 Å². The number of aryl methyl sites for hydroxylation is 1. The van der Waals surface area contributed by atoms with Gasteiger partial charge in [-0.1, -0.05) is 13.0 Å². The minimum atomic E-state index is -0.697. The first-order valence-corrected chi connectivity index (χ1v) is 17.7. The molecule has 10 nitrogen and oxygen atoms in total. The number of fused-ring (bicyclic) bond motifs is 7. The molecule has 49 heavy (non-hydrogen) atoms. The number of piperidine rings is 1. The first-order valence-electron chi connectivity index (χ1n) is 17.7. The van der Waals surface area contributed by atoms with E-state index in [1.54, 1.807) is 12.1 Å². The predicted octanol–water partition coefficient (Wildman–Crippen LogP) is 4.57. The summed E-state index contributed by atoms with van der Waals surface area (Å²) in [6.07, 6.45) is 5.61. The van der Waals surface area contributed by atoms with Crippen molar-refractivity contribution in [3.8, 4) is 28.9 Å². The Hall–Kier alpha value is -3.87. The number of aromatic nitrogens is 3. The summed E-state index contributed by atoms with van der Waals surface area (Å²) in [6.45, 7) is 6.38. The highest BCUT2D eigenvalue weighted by Gasteiger charge is 2.60. The number of aliphatic hydroxyl groups is 1. The second-order valence-corrected chi connectivity index (χ2v) is 15.6. The fourth-order valence-electron chi connectivity index (χ4n) is 9.48. The molecule has 2 aliphatic carbocycles. The largest absolute Gasteiger partial charge is 0.508 e. The van der Waals surface area contributed by atoms with Gasteiger partial charge in [0.1, 0.15) is 40.6 Å². The van der Waals surface area contributed by atoms with Gasteiger partial charge in [0.25, 0.3) is 0 Å². The maximum absolute atomic E-state index is 17.1. The average molecular weight is 671 g/mol. The van der Waals surface area contributed by atoms with Crippen molar-refractivity contribution in [2.24, 2.45) is 16.7 Å². The number of aromatic hydroxyl groups is 1. The molecule has 3 saturated heterocycles. The zero-order chi connectivity index (χ0) is 33.2. The third kappa shape index (κ3) is 4.63. The number of hydrogen-bond donors (Lipinski definition) is 3. The third-order valence-electron chi connectivity index (χ3n) is 12.4. The fourth-order valence-corrected chi connectivity index (χ4v) is 9.48. The van der Waals surface area contributed by atoms with Crippen LogP contribution in [0.4, 0.5) is 14.6 Å². The molecule has 1 unspecified atom stereocenters. The number of aliphatic hydroxyl groups excluding tert-OH is 1. The summed E-state index contributed by atoms with van der Waals surface area (Å²) < 4.78 is 45.1. The second-order valence-electron chi connectivity index (χ2n) is 15.6. The van der Waals surface area contributed by atoms with Crippen LogP contribution < -0.4 is 19.7 Å². The quantitative estimate of drug-likeness (QED) is 0.246. The van der Waals surface area contributed by atoms with E-state index in [9.17, 15) is 10.2 Å². The van der Waals surface area contributed by atoms with Crippen LogP contribution in [0.1, 0.15) is 44.6 Å². The van der Waals surface area contributed by atoms with Crippen LogP contribution >= 0.6 is 0 Å². The van der Waals surface area contributed by atoms with E-state index in [1.165, 1.54) is 12.1 Å². The normalized spacial score (nSPS) is 29.1. The van der Waals surface area contributed by atoms with Crippen molar-refractivity contribution in [3.05, 3.63) is 41.5 Å². The highest BCUT2D eigenvalue weighted by atomic mass is 19.1. The Labute approximate surface area is 282 Å². The van der Waals surface area contributed by atoms with Crippen LogP contribution in [0.2, 0.25) is 0 Å². The van der Waals surface area contributed by atoms with Crippen molar-refractivity contribution in [2.45, 2.75) is 63.6 Å². The number of piperazine rings is 1.